The van der Waals surface area contributed by atoms with Crippen molar-refractivity contribution in [2.24, 2.45) is 0 Å². The van der Waals surface area contributed by atoms with Gasteiger partial charge in [-0.25, -0.2) is 13.8 Å². The lowest BCUT2D eigenvalue weighted by molar-refractivity contribution is 0.336. The van der Waals surface area contributed by atoms with E-state index in [0.29, 0.717) is 36.6 Å². The fraction of sp³-hybridized carbons (Fsp3) is 0.292. The molecule has 0 aliphatic carbocycles. The number of halogens is 4. The van der Waals surface area contributed by atoms with Crippen LogP contribution in [-0.2, 0) is 10.6 Å². The van der Waals surface area contributed by atoms with E-state index in [9.17, 15) is 8.78 Å². The second-order valence-corrected chi connectivity index (χ2v) is 8.99. The van der Waals surface area contributed by atoms with Crippen LogP contribution in [0.15, 0.2) is 42.5 Å². The zero-order valence-electron chi connectivity index (χ0n) is 17.9. The van der Waals surface area contributed by atoms with E-state index in [-0.39, 0.29) is 16.8 Å². The van der Waals surface area contributed by atoms with E-state index in [2.05, 4.69) is 21.2 Å². The summed E-state index contributed by atoms with van der Waals surface area (Å²) in [5.41, 5.74) is 4.54. The Morgan fingerprint density at radius 1 is 1.12 bits per heavy atom. The van der Waals surface area contributed by atoms with E-state index >= 15 is 0 Å². The standard InChI is InChI=1S/C24H23ClF2INO2S/c1-4-17-18(10-11-20(27)22(17)25)23-24(30-5-2)14(3)12-21(29-23)19(13-31-32-28)15-6-8-16(26)9-7-15/h6-12,19H,4-5,13H2,1-3H3. The molecule has 0 aliphatic heterocycles. The lowest BCUT2D eigenvalue weighted by Crippen LogP contribution is -2.12. The highest BCUT2D eigenvalue weighted by Crippen LogP contribution is 2.39. The van der Waals surface area contributed by atoms with Crippen LogP contribution in [0.5, 0.6) is 5.75 Å². The molecule has 8 heteroatoms. The first-order valence-corrected chi connectivity index (χ1v) is 13.8. The van der Waals surface area contributed by atoms with Crippen molar-refractivity contribution in [3.05, 3.63) is 81.5 Å². The van der Waals surface area contributed by atoms with E-state index in [1.54, 1.807) is 18.2 Å². The van der Waals surface area contributed by atoms with Crippen LogP contribution in [-0.4, -0.2) is 18.2 Å². The van der Waals surface area contributed by atoms with Crippen LogP contribution >= 0.6 is 42.0 Å². The van der Waals surface area contributed by atoms with Crippen LogP contribution in [0, 0.1) is 18.6 Å². The van der Waals surface area contributed by atoms with Crippen molar-refractivity contribution in [2.75, 3.05) is 13.2 Å². The molecule has 1 unspecified atom stereocenters. The summed E-state index contributed by atoms with van der Waals surface area (Å²) < 4.78 is 39.3. The van der Waals surface area contributed by atoms with Crippen molar-refractivity contribution >= 4 is 42.0 Å². The molecule has 3 nitrogen and oxygen atoms in total. The van der Waals surface area contributed by atoms with Gasteiger partial charge < -0.3 is 8.92 Å². The molecule has 0 N–H and O–H groups in total. The van der Waals surface area contributed by atoms with Crippen LogP contribution < -0.4 is 4.74 Å². The monoisotopic (exact) mass is 589 g/mol. The van der Waals surface area contributed by atoms with Gasteiger partial charge in [-0.1, -0.05) is 30.7 Å². The Morgan fingerprint density at radius 2 is 1.84 bits per heavy atom. The summed E-state index contributed by atoms with van der Waals surface area (Å²) in [6, 6.07) is 11.3. The van der Waals surface area contributed by atoms with Crippen LogP contribution in [0.2, 0.25) is 5.02 Å². The van der Waals surface area contributed by atoms with Crippen molar-refractivity contribution in [1.82, 2.24) is 4.98 Å². The zero-order valence-corrected chi connectivity index (χ0v) is 21.7. The van der Waals surface area contributed by atoms with E-state index in [1.807, 2.05) is 26.8 Å². The molecule has 0 saturated heterocycles. The predicted octanol–water partition coefficient (Wildman–Crippen LogP) is 8.10. The molecule has 32 heavy (non-hydrogen) atoms. The first-order chi connectivity index (χ1) is 15.4. The molecule has 1 aromatic heterocycles. The molecule has 0 amide bonds. The molecule has 0 fully saturated rings. The molecule has 3 rings (SSSR count). The maximum Gasteiger partial charge on any atom is 0.148 e. The summed E-state index contributed by atoms with van der Waals surface area (Å²) in [5.74, 6) is -0.362. The van der Waals surface area contributed by atoms with E-state index in [1.165, 1.54) is 27.4 Å². The second kappa shape index (κ2) is 11.6. The van der Waals surface area contributed by atoms with Gasteiger partial charge >= 0.3 is 0 Å². The summed E-state index contributed by atoms with van der Waals surface area (Å²) in [7, 11) is 1.23. The summed E-state index contributed by atoms with van der Waals surface area (Å²) in [6.07, 6.45) is 0.540. The fourth-order valence-corrected chi connectivity index (χ4v) is 4.60. The molecule has 170 valence electrons. The zero-order chi connectivity index (χ0) is 23.3. The smallest absolute Gasteiger partial charge is 0.148 e. The molecule has 0 aliphatic rings. The molecule has 0 radical (unpaired) electrons. The van der Waals surface area contributed by atoms with Gasteiger partial charge in [0.05, 0.1) is 39.1 Å². The van der Waals surface area contributed by atoms with Gasteiger partial charge in [-0.2, -0.15) is 0 Å². The molecule has 1 heterocycles. The van der Waals surface area contributed by atoms with Gasteiger partial charge in [0.25, 0.3) is 0 Å². The number of hydrogen-bond acceptors (Lipinski definition) is 4. The average Bonchev–Trinajstić information content (AvgIpc) is 2.78. The fourth-order valence-electron chi connectivity index (χ4n) is 3.68. The lowest BCUT2D eigenvalue weighted by Gasteiger charge is -2.21. The van der Waals surface area contributed by atoms with Gasteiger partial charge in [0.2, 0.25) is 0 Å². The summed E-state index contributed by atoms with van der Waals surface area (Å²) in [6.45, 7) is 6.59. The first kappa shape index (κ1) is 25.2. The summed E-state index contributed by atoms with van der Waals surface area (Å²) in [4.78, 5) is 4.96. The third kappa shape index (κ3) is 5.55. The van der Waals surface area contributed by atoms with Gasteiger partial charge in [0, 0.05) is 26.8 Å². The molecule has 3 aromatic rings. The van der Waals surface area contributed by atoms with E-state index in [4.69, 9.17) is 25.5 Å². The van der Waals surface area contributed by atoms with Crippen LogP contribution in [0.4, 0.5) is 8.78 Å². The molecular formula is C24H23ClF2INO2S. The number of rotatable bonds is 9. The maximum atomic E-state index is 14.2. The normalized spacial score (nSPS) is 12.1. The molecular weight excluding hydrogens is 567 g/mol. The van der Waals surface area contributed by atoms with Crippen LogP contribution in [0.25, 0.3) is 11.3 Å². The van der Waals surface area contributed by atoms with Gasteiger partial charge in [-0.05, 0) is 67.3 Å². The van der Waals surface area contributed by atoms with Crippen molar-refractivity contribution in [2.45, 2.75) is 33.1 Å². The Kier molecular flexibility index (Phi) is 9.16. The van der Waals surface area contributed by atoms with E-state index < -0.39 is 5.82 Å². The highest BCUT2D eigenvalue weighted by atomic mass is 127. The number of aromatic nitrogens is 1. The largest absolute Gasteiger partial charge is 0.491 e. The molecule has 0 spiro atoms. The van der Waals surface area contributed by atoms with Crippen LogP contribution in [0.3, 0.4) is 0 Å². The topological polar surface area (TPSA) is 31.4 Å². The Bertz CT molecular complexity index is 1080. The van der Waals surface area contributed by atoms with Crippen molar-refractivity contribution < 1.29 is 17.7 Å². The van der Waals surface area contributed by atoms with E-state index in [0.717, 1.165) is 22.4 Å². The maximum absolute atomic E-state index is 14.2. The molecule has 0 saturated carbocycles. The number of benzene rings is 2. The Hall–Kier alpha value is -1.42. The van der Waals surface area contributed by atoms with Crippen LogP contribution in [0.1, 0.15) is 42.1 Å². The predicted molar refractivity (Wildman–Crippen MR) is 136 cm³/mol. The Morgan fingerprint density at radius 3 is 2.47 bits per heavy atom. The molecule has 0 bridgehead atoms. The van der Waals surface area contributed by atoms with Gasteiger partial charge in [0.1, 0.15) is 23.1 Å². The average molecular weight is 590 g/mol. The lowest BCUT2D eigenvalue weighted by atomic mass is 9.93. The van der Waals surface area contributed by atoms with Crippen molar-refractivity contribution in [3.8, 4) is 17.0 Å². The number of nitrogens with zero attached hydrogens (tertiary/aromatic N) is 1. The van der Waals surface area contributed by atoms with Crippen molar-refractivity contribution in [3.63, 3.8) is 0 Å². The number of hydrogen-bond donors (Lipinski definition) is 0. The number of ether oxygens (including phenoxy) is 1. The van der Waals surface area contributed by atoms with Gasteiger partial charge in [-0.15, -0.1) is 0 Å². The van der Waals surface area contributed by atoms with Gasteiger partial charge in [-0.3, -0.25) is 0 Å². The second-order valence-electron chi connectivity index (χ2n) is 7.17. The number of pyridine rings is 1. The Labute approximate surface area is 208 Å². The molecule has 1 atom stereocenters. The molecule has 2 aromatic carbocycles. The number of aryl methyl sites for hydroxylation is 1. The highest BCUT2D eigenvalue weighted by Gasteiger charge is 2.23. The Balaban J connectivity index is 2.23. The minimum Gasteiger partial charge on any atom is -0.491 e. The van der Waals surface area contributed by atoms with Gasteiger partial charge in [0.15, 0.2) is 0 Å². The summed E-state index contributed by atoms with van der Waals surface area (Å²) in [5, 5.41) is 0.0945. The summed E-state index contributed by atoms with van der Waals surface area (Å²) >= 11 is 8.36. The quantitative estimate of drug-likeness (QED) is 0.186. The first-order valence-electron chi connectivity index (χ1n) is 10.2. The third-order valence-corrected chi connectivity index (χ3v) is 6.58. The highest BCUT2D eigenvalue weighted by molar-refractivity contribution is 14.2. The van der Waals surface area contributed by atoms with Crippen molar-refractivity contribution in [1.29, 1.82) is 0 Å². The SMILES string of the molecule is CCOc1c(C)cc(C(COSI)c2ccc(F)cc2)nc1-c1ccc(F)c(Cl)c1CC. The minimum atomic E-state index is -0.463. The third-order valence-electron chi connectivity index (χ3n) is 5.18. The minimum absolute atomic E-state index is 0.0945.